The second kappa shape index (κ2) is 4.10. The van der Waals surface area contributed by atoms with Gasteiger partial charge in [0.05, 0.1) is 4.90 Å². The molecule has 17 heavy (non-hydrogen) atoms. The van der Waals surface area contributed by atoms with E-state index < -0.39 is 10.0 Å². The molecule has 0 aromatic heterocycles. The van der Waals surface area contributed by atoms with Crippen molar-refractivity contribution in [2.24, 2.45) is 11.8 Å². The number of benzene rings is 1. The fourth-order valence-electron chi connectivity index (χ4n) is 3.26. The molecule has 1 N–H and O–H groups in total. The zero-order valence-corrected chi connectivity index (χ0v) is 10.5. The topological polar surface area (TPSA) is 46.2 Å². The molecule has 2 aliphatic carbocycles. The van der Waals surface area contributed by atoms with Gasteiger partial charge in [0.1, 0.15) is 0 Å². The molecule has 1 aromatic carbocycles. The quantitative estimate of drug-likeness (QED) is 0.894. The van der Waals surface area contributed by atoms with E-state index in [1.54, 1.807) is 24.3 Å². The van der Waals surface area contributed by atoms with Crippen LogP contribution < -0.4 is 4.72 Å². The molecular formula is C13H17NO2S. The van der Waals surface area contributed by atoms with E-state index in [1.807, 2.05) is 6.07 Å². The largest absolute Gasteiger partial charge is 0.240 e. The van der Waals surface area contributed by atoms with Crippen LogP contribution in [0.4, 0.5) is 0 Å². The van der Waals surface area contributed by atoms with Gasteiger partial charge in [-0.3, -0.25) is 0 Å². The smallest absolute Gasteiger partial charge is 0.208 e. The van der Waals surface area contributed by atoms with Gasteiger partial charge in [-0.2, -0.15) is 0 Å². The van der Waals surface area contributed by atoms with Gasteiger partial charge in [-0.1, -0.05) is 24.6 Å². The molecule has 4 heteroatoms. The minimum atomic E-state index is -3.32. The van der Waals surface area contributed by atoms with Gasteiger partial charge in [0.15, 0.2) is 0 Å². The summed E-state index contributed by atoms with van der Waals surface area (Å²) in [5, 5.41) is 0. The molecule has 0 unspecified atom stereocenters. The molecule has 92 valence electrons. The maximum Gasteiger partial charge on any atom is 0.240 e. The van der Waals surface area contributed by atoms with Crippen molar-refractivity contribution in [1.82, 2.24) is 4.72 Å². The van der Waals surface area contributed by atoms with E-state index in [4.69, 9.17) is 0 Å². The Morgan fingerprint density at radius 2 is 1.82 bits per heavy atom. The van der Waals surface area contributed by atoms with Crippen molar-refractivity contribution in [1.29, 1.82) is 0 Å². The average molecular weight is 251 g/mol. The third-order valence-electron chi connectivity index (χ3n) is 4.10. The van der Waals surface area contributed by atoms with E-state index in [-0.39, 0.29) is 6.04 Å². The lowest BCUT2D eigenvalue weighted by molar-refractivity contribution is 0.390. The molecule has 0 amide bonds. The number of rotatable bonds is 3. The Morgan fingerprint density at radius 3 is 2.41 bits per heavy atom. The first-order valence-corrected chi connectivity index (χ1v) is 7.71. The first kappa shape index (κ1) is 11.2. The molecule has 0 spiro atoms. The van der Waals surface area contributed by atoms with Crippen LogP contribution in [-0.2, 0) is 10.0 Å². The van der Waals surface area contributed by atoms with Gasteiger partial charge >= 0.3 is 0 Å². The van der Waals surface area contributed by atoms with Crippen LogP contribution >= 0.6 is 0 Å². The predicted molar refractivity (Wildman–Crippen MR) is 66.0 cm³/mol. The summed E-state index contributed by atoms with van der Waals surface area (Å²) in [6.07, 6.45) is 4.71. The van der Waals surface area contributed by atoms with Crippen LogP contribution in [0.2, 0.25) is 0 Å². The second-order valence-electron chi connectivity index (χ2n) is 5.22. The highest BCUT2D eigenvalue weighted by atomic mass is 32.2. The van der Waals surface area contributed by atoms with E-state index in [2.05, 4.69) is 4.72 Å². The van der Waals surface area contributed by atoms with Crippen LogP contribution in [0.5, 0.6) is 0 Å². The summed E-state index contributed by atoms with van der Waals surface area (Å²) < 4.78 is 27.2. The second-order valence-corrected chi connectivity index (χ2v) is 6.93. The highest BCUT2D eigenvalue weighted by Gasteiger charge is 2.41. The Labute approximate surface area is 102 Å². The van der Waals surface area contributed by atoms with Crippen molar-refractivity contribution in [3.8, 4) is 0 Å². The Morgan fingerprint density at radius 1 is 1.06 bits per heavy atom. The molecule has 2 fully saturated rings. The van der Waals surface area contributed by atoms with Crippen molar-refractivity contribution in [3.05, 3.63) is 30.3 Å². The van der Waals surface area contributed by atoms with Gasteiger partial charge in [0, 0.05) is 6.04 Å². The van der Waals surface area contributed by atoms with Crippen LogP contribution in [-0.4, -0.2) is 14.5 Å². The Hall–Kier alpha value is -0.870. The lowest BCUT2D eigenvalue weighted by Gasteiger charge is -2.22. The number of hydrogen-bond donors (Lipinski definition) is 1. The Kier molecular flexibility index (Phi) is 2.71. The van der Waals surface area contributed by atoms with Crippen LogP contribution in [0.3, 0.4) is 0 Å². The number of fused-ring (bicyclic) bond motifs is 2. The highest BCUT2D eigenvalue weighted by molar-refractivity contribution is 7.89. The number of sulfonamides is 1. The summed E-state index contributed by atoms with van der Waals surface area (Å²) in [7, 11) is -3.32. The summed E-state index contributed by atoms with van der Waals surface area (Å²) in [5.74, 6) is 1.32. The standard InChI is InChI=1S/C13H17NO2S/c15-17(16,12-4-2-1-3-5-12)14-13-9-10-6-7-11(13)8-10/h1-5,10-11,13-14H,6-9H2/t10-,11-,13-/m1/s1. The van der Waals surface area contributed by atoms with E-state index in [9.17, 15) is 8.42 Å². The van der Waals surface area contributed by atoms with Crippen LogP contribution in [0.25, 0.3) is 0 Å². The molecular weight excluding hydrogens is 234 g/mol. The molecule has 3 rings (SSSR count). The molecule has 0 saturated heterocycles. The lowest BCUT2D eigenvalue weighted by Crippen LogP contribution is -2.38. The van der Waals surface area contributed by atoms with Crippen molar-refractivity contribution in [2.75, 3.05) is 0 Å². The minimum Gasteiger partial charge on any atom is -0.208 e. The Balaban J connectivity index is 1.77. The molecule has 0 aliphatic heterocycles. The predicted octanol–water partition coefficient (Wildman–Crippen LogP) is 2.15. The number of nitrogens with one attached hydrogen (secondary N) is 1. The SMILES string of the molecule is O=S(=O)(N[C@@H]1C[C@@H]2CC[C@@H]1C2)c1ccccc1. The van der Waals surface area contributed by atoms with Crippen molar-refractivity contribution >= 4 is 10.0 Å². The van der Waals surface area contributed by atoms with Crippen molar-refractivity contribution < 1.29 is 8.42 Å². The fourth-order valence-corrected chi connectivity index (χ4v) is 4.59. The van der Waals surface area contributed by atoms with Crippen LogP contribution in [0.1, 0.15) is 25.7 Å². The summed E-state index contributed by atoms with van der Waals surface area (Å²) in [6, 6.07) is 8.81. The maximum absolute atomic E-state index is 12.2. The van der Waals surface area contributed by atoms with Crippen molar-refractivity contribution in [3.63, 3.8) is 0 Å². The van der Waals surface area contributed by atoms with E-state index >= 15 is 0 Å². The first-order valence-electron chi connectivity index (χ1n) is 6.22. The normalized spacial score (nSPS) is 31.9. The molecule has 2 bridgehead atoms. The molecule has 0 heterocycles. The van der Waals surface area contributed by atoms with E-state index in [0.29, 0.717) is 10.8 Å². The summed E-state index contributed by atoms with van der Waals surface area (Å²) in [5.41, 5.74) is 0. The molecule has 3 nitrogen and oxygen atoms in total. The maximum atomic E-state index is 12.2. The Bertz CT molecular complexity index is 497. The van der Waals surface area contributed by atoms with Gasteiger partial charge in [-0.15, -0.1) is 0 Å². The molecule has 2 aliphatic rings. The number of hydrogen-bond acceptors (Lipinski definition) is 2. The van der Waals surface area contributed by atoms with E-state index in [1.165, 1.54) is 19.3 Å². The third-order valence-corrected chi connectivity index (χ3v) is 5.60. The molecule has 1 aromatic rings. The summed E-state index contributed by atoms with van der Waals surface area (Å²) in [6.45, 7) is 0. The molecule has 0 radical (unpaired) electrons. The van der Waals surface area contributed by atoms with Gasteiger partial charge in [-0.05, 0) is 43.2 Å². The zero-order valence-electron chi connectivity index (χ0n) is 9.67. The fraction of sp³-hybridized carbons (Fsp3) is 0.538. The van der Waals surface area contributed by atoms with Gasteiger partial charge in [-0.25, -0.2) is 13.1 Å². The zero-order chi connectivity index (χ0) is 11.9. The molecule has 2 saturated carbocycles. The monoisotopic (exact) mass is 251 g/mol. The van der Waals surface area contributed by atoms with Gasteiger partial charge in [0.25, 0.3) is 0 Å². The van der Waals surface area contributed by atoms with Crippen LogP contribution in [0, 0.1) is 11.8 Å². The first-order chi connectivity index (χ1) is 8.15. The van der Waals surface area contributed by atoms with E-state index in [0.717, 1.165) is 12.3 Å². The molecule has 3 atom stereocenters. The lowest BCUT2D eigenvalue weighted by atomic mass is 9.96. The average Bonchev–Trinajstić information content (AvgIpc) is 2.91. The minimum absolute atomic E-state index is 0.166. The highest BCUT2D eigenvalue weighted by Crippen LogP contribution is 2.44. The third kappa shape index (κ3) is 2.11. The van der Waals surface area contributed by atoms with Gasteiger partial charge < -0.3 is 0 Å². The van der Waals surface area contributed by atoms with Gasteiger partial charge in [0.2, 0.25) is 10.0 Å². The van der Waals surface area contributed by atoms with Crippen molar-refractivity contribution in [2.45, 2.75) is 36.6 Å². The summed E-state index contributed by atoms with van der Waals surface area (Å²) >= 11 is 0. The van der Waals surface area contributed by atoms with Crippen LogP contribution in [0.15, 0.2) is 35.2 Å². The summed E-state index contributed by atoms with van der Waals surface area (Å²) in [4.78, 5) is 0.378.